The van der Waals surface area contributed by atoms with E-state index >= 15 is 0 Å². The molecule has 2 aromatic rings. The predicted octanol–water partition coefficient (Wildman–Crippen LogP) is 3.76. The molecule has 0 aromatic heterocycles. The Balaban J connectivity index is 2.54. The molecule has 1 heteroatoms. The number of benzene rings is 2. The van der Waals surface area contributed by atoms with Crippen LogP contribution in [-0.2, 0) is 0 Å². The van der Waals surface area contributed by atoms with Crippen LogP contribution in [0.15, 0.2) is 48.5 Å². The molecule has 2 aromatic carbocycles. The Morgan fingerprint density at radius 3 is 2.38 bits per heavy atom. The molecule has 0 saturated carbocycles. The van der Waals surface area contributed by atoms with Crippen molar-refractivity contribution in [1.82, 2.24) is 0 Å². The summed E-state index contributed by atoms with van der Waals surface area (Å²) in [4.78, 5) is 0. The van der Waals surface area contributed by atoms with E-state index in [0.29, 0.717) is 0 Å². The average Bonchev–Trinajstić information content (AvgIpc) is 2.20. The normalized spacial score (nSPS) is 9.92. The molecule has 2 rings (SSSR count). The highest BCUT2D eigenvalue weighted by atomic mass is 127. The molecule has 0 N–H and O–H groups in total. The van der Waals surface area contributed by atoms with Crippen molar-refractivity contribution < 1.29 is 0 Å². The molecule has 0 spiro atoms. The molecule has 0 aliphatic rings. The van der Waals surface area contributed by atoms with E-state index in [9.17, 15) is 0 Å². The van der Waals surface area contributed by atoms with E-state index in [2.05, 4.69) is 52.9 Å². The van der Waals surface area contributed by atoms with Crippen molar-refractivity contribution in [3.63, 3.8) is 0 Å². The van der Waals surface area contributed by atoms with Gasteiger partial charge in [0.15, 0.2) is 0 Å². The SMILES string of the molecule is Ic1ccccc1-c1[c]cccc1. The maximum absolute atomic E-state index is 3.22. The largest absolute Gasteiger partial charge is 0.0616 e. The fourth-order valence-corrected chi connectivity index (χ4v) is 1.92. The maximum Gasteiger partial charge on any atom is 0.0209 e. The van der Waals surface area contributed by atoms with E-state index < -0.39 is 0 Å². The van der Waals surface area contributed by atoms with Crippen LogP contribution in [0.1, 0.15) is 0 Å². The van der Waals surface area contributed by atoms with Gasteiger partial charge in [0.2, 0.25) is 0 Å². The molecule has 0 fully saturated rings. The third-order valence-electron chi connectivity index (χ3n) is 1.87. The molecule has 63 valence electrons. The number of hydrogen-bond donors (Lipinski definition) is 0. The molecule has 0 unspecified atom stereocenters. The average molecular weight is 279 g/mol. The van der Waals surface area contributed by atoms with E-state index in [4.69, 9.17) is 0 Å². The minimum absolute atomic E-state index is 1.16. The van der Waals surface area contributed by atoms with Crippen molar-refractivity contribution >= 4 is 22.6 Å². The van der Waals surface area contributed by atoms with Crippen molar-refractivity contribution in [3.8, 4) is 11.1 Å². The summed E-state index contributed by atoms with van der Waals surface area (Å²) in [5.74, 6) is 0. The van der Waals surface area contributed by atoms with Gasteiger partial charge in [-0.1, -0.05) is 42.5 Å². The van der Waals surface area contributed by atoms with E-state index in [1.54, 1.807) is 0 Å². The summed E-state index contributed by atoms with van der Waals surface area (Å²) < 4.78 is 1.27. The molecule has 1 radical (unpaired) electrons. The lowest BCUT2D eigenvalue weighted by molar-refractivity contribution is 1.57. The van der Waals surface area contributed by atoms with Gasteiger partial charge in [-0.05, 0) is 45.9 Å². The Hall–Kier alpha value is -0.830. The Kier molecular flexibility index (Phi) is 2.64. The summed E-state index contributed by atoms with van der Waals surface area (Å²) >= 11 is 2.34. The van der Waals surface area contributed by atoms with Gasteiger partial charge in [-0.25, -0.2) is 0 Å². The minimum atomic E-state index is 1.16. The fourth-order valence-electron chi connectivity index (χ4n) is 1.24. The third kappa shape index (κ3) is 1.91. The molecule has 0 aliphatic carbocycles. The molecule has 13 heavy (non-hydrogen) atoms. The van der Waals surface area contributed by atoms with Crippen molar-refractivity contribution in [2.75, 3.05) is 0 Å². The summed E-state index contributed by atoms with van der Waals surface area (Å²) in [5.41, 5.74) is 2.41. The summed E-state index contributed by atoms with van der Waals surface area (Å²) in [6.07, 6.45) is 0. The van der Waals surface area contributed by atoms with Crippen LogP contribution in [0.4, 0.5) is 0 Å². The first-order valence-corrected chi connectivity index (χ1v) is 5.17. The monoisotopic (exact) mass is 279 g/mol. The minimum Gasteiger partial charge on any atom is -0.0616 e. The zero-order valence-electron chi connectivity index (χ0n) is 7.00. The second-order valence-corrected chi connectivity index (χ2v) is 3.92. The Morgan fingerprint density at radius 2 is 1.69 bits per heavy atom. The molecular formula is C12H8I. The van der Waals surface area contributed by atoms with Gasteiger partial charge in [0, 0.05) is 3.57 Å². The van der Waals surface area contributed by atoms with E-state index in [1.165, 1.54) is 9.13 Å². The Bertz CT molecular complexity index is 393. The molecule has 0 atom stereocenters. The van der Waals surface area contributed by atoms with E-state index in [0.717, 1.165) is 5.56 Å². The second-order valence-electron chi connectivity index (χ2n) is 2.76. The zero-order chi connectivity index (χ0) is 9.10. The van der Waals surface area contributed by atoms with Gasteiger partial charge in [0.25, 0.3) is 0 Å². The van der Waals surface area contributed by atoms with E-state index in [-0.39, 0.29) is 0 Å². The van der Waals surface area contributed by atoms with Gasteiger partial charge in [-0.15, -0.1) is 0 Å². The molecule has 0 bridgehead atoms. The van der Waals surface area contributed by atoms with Gasteiger partial charge < -0.3 is 0 Å². The van der Waals surface area contributed by atoms with Crippen molar-refractivity contribution in [2.45, 2.75) is 0 Å². The van der Waals surface area contributed by atoms with Crippen LogP contribution in [0.3, 0.4) is 0 Å². The summed E-state index contributed by atoms with van der Waals surface area (Å²) in [7, 11) is 0. The predicted molar refractivity (Wildman–Crippen MR) is 63.4 cm³/mol. The van der Waals surface area contributed by atoms with Gasteiger partial charge in [0.1, 0.15) is 0 Å². The fraction of sp³-hybridized carbons (Fsp3) is 0. The molecule has 0 aliphatic heterocycles. The number of rotatable bonds is 1. The number of hydrogen-bond acceptors (Lipinski definition) is 0. The zero-order valence-corrected chi connectivity index (χ0v) is 9.15. The first-order chi connectivity index (χ1) is 6.38. The van der Waals surface area contributed by atoms with Crippen LogP contribution in [-0.4, -0.2) is 0 Å². The molecule has 0 heterocycles. The lowest BCUT2D eigenvalue weighted by atomic mass is 10.1. The number of halogens is 1. The standard InChI is InChI=1S/C12H8I/c13-12-9-5-4-8-11(12)10-6-2-1-3-7-10/h1-6,8-9H. The third-order valence-corrected chi connectivity index (χ3v) is 2.81. The maximum atomic E-state index is 3.22. The molecular weight excluding hydrogens is 271 g/mol. The van der Waals surface area contributed by atoms with Gasteiger partial charge >= 0.3 is 0 Å². The highest BCUT2D eigenvalue weighted by molar-refractivity contribution is 14.1. The van der Waals surface area contributed by atoms with E-state index in [1.807, 2.05) is 24.3 Å². The topological polar surface area (TPSA) is 0 Å². The summed E-state index contributed by atoms with van der Waals surface area (Å²) in [6.45, 7) is 0. The highest BCUT2D eigenvalue weighted by Gasteiger charge is 1.99. The molecule has 0 amide bonds. The second kappa shape index (κ2) is 3.92. The van der Waals surface area contributed by atoms with Gasteiger partial charge in [-0.2, -0.15) is 0 Å². The van der Waals surface area contributed by atoms with Crippen LogP contribution in [0, 0.1) is 9.64 Å². The van der Waals surface area contributed by atoms with Crippen LogP contribution in [0.2, 0.25) is 0 Å². The van der Waals surface area contributed by atoms with Gasteiger partial charge in [0.05, 0.1) is 0 Å². The van der Waals surface area contributed by atoms with Crippen molar-refractivity contribution in [1.29, 1.82) is 0 Å². The van der Waals surface area contributed by atoms with Gasteiger partial charge in [-0.3, -0.25) is 0 Å². The van der Waals surface area contributed by atoms with Crippen LogP contribution in [0.25, 0.3) is 11.1 Å². The smallest absolute Gasteiger partial charge is 0.0209 e. The lowest BCUT2D eigenvalue weighted by Gasteiger charge is -2.02. The van der Waals surface area contributed by atoms with Crippen molar-refractivity contribution in [2.24, 2.45) is 0 Å². The first kappa shape index (κ1) is 8.75. The van der Waals surface area contributed by atoms with Crippen LogP contribution >= 0.6 is 22.6 Å². The summed E-state index contributed by atoms with van der Waals surface area (Å²) in [5, 5.41) is 0. The molecule has 0 nitrogen and oxygen atoms in total. The van der Waals surface area contributed by atoms with Crippen LogP contribution in [0.5, 0.6) is 0 Å². The summed E-state index contributed by atoms with van der Waals surface area (Å²) in [6, 6.07) is 19.6. The first-order valence-electron chi connectivity index (χ1n) is 4.09. The lowest BCUT2D eigenvalue weighted by Crippen LogP contribution is -1.80. The Morgan fingerprint density at radius 1 is 0.923 bits per heavy atom. The highest BCUT2D eigenvalue weighted by Crippen LogP contribution is 2.23. The van der Waals surface area contributed by atoms with Crippen LogP contribution < -0.4 is 0 Å². The quantitative estimate of drug-likeness (QED) is 0.697. The van der Waals surface area contributed by atoms with Crippen molar-refractivity contribution in [3.05, 3.63) is 58.2 Å². The molecule has 0 saturated heterocycles. The Labute approximate surface area is 91.8 Å².